The van der Waals surface area contributed by atoms with E-state index in [1.54, 1.807) is 12.1 Å². The Balaban J connectivity index is 1.66. The first-order chi connectivity index (χ1) is 15.4. The molecule has 2 nitrogen and oxygen atoms in total. The molecule has 2 aliphatic carbocycles. The molecule has 2 aromatic rings. The van der Waals surface area contributed by atoms with Gasteiger partial charge in [0.1, 0.15) is 5.76 Å². The number of carbonyl (C=O) groups is 1. The van der Waals surface area contributed by atoms with Crippen molar-refractivity contribution in [1.82, 2.24) is 0 Å². The van der Waals surface area contributed by atoms with E-state index in [0.29, 0.717) is 25.8 Å². The number of hydrogen-bond acceptors (Lipinski definition) is 2. The molecule has 1 spiro atoms. The van der Waals surface area contributed by atoms with Crippen molar-refractivity contribution in [2.75, 3.05) is 0 Å². The highest BCUT2D eigenvalue weighted by molar-refractivity contribution is 6.36. The van der Waals surface area contributed by atoms with Gasteiger partial charge in [-0.3, -0.25) is 4.79 Å². The second-order valence-corrected chi connectivity index (χ2v) is 10.6. The van der Waals surface area contributed by atoms with Crippen LogP contribution in [-0.2, 0) is 9.53 Å². The van der Waals surface area contributed by atoms with Gasteiger partial charge in [0.05, 0.1) is 5.41 Å². The second-order valence-electron chi connectivity index (χ2n) is 8.89. The van der Waals surface area contributed by atoms with Gasteiger partial charge in [0, 0.05) is 26.0 Å². The number of rotatable bonds is 2. The van der Waals surface area contributed by atoms with Gasteiger partial charge in [-0.2, -0.15) is 0 Å². The molecule has 0 N–H and O–H groups in total. The molecule has 0 aromatic heterocycles. The number of halogens is 4. The van der Waals surface area contributed by atoms with Gasteiger partial charge >= 0.3 is 5.97 Å². The molecule has 1 fully saturated rings. The van der Waals surface area contributed by atoms with E-state index in [-0.39, 0.29) is 11.9 Å². The van der Waals surface area contributed by atoms with Crippen molar-refractivity contribution in [3.05, 3.63) is 84.5 Å². The average Bonchev–Trinajstić information content (AvgIpc) is 3.14. The lowest BCUT2D eigenvalue weighted by atomic mass is 9.60. The lowest BCUT2D eigenvalue weighted by Gasteiger charge is -2.45. The fourth-order valence-corrected chi connectivity index (χ4v) is 6.58. The Kier molecular flexibility index (Phi) is 6.09. The van der Waals surface area contributed by atoms with Crippen LogP contribution in [-0.4, -0.2) is 5.97 Å². The standard InChI is InChI=1S/C26H22Cl4O2/c27-17-6-4-15(21(29)13-17)12-16-5-8-20-23(19-9-7-18(28)14-22(19)30)26(10-2-1-3-11-26)25(31)32-24(16)20/h4,6-7,9,12-14,23H,1-3,5,8,10-11H2. The lowest BCUT2D eigenvalue weighted by molar-refractivity contribution is -0.157. The van der Waals surface area contributed by atoms with Gasteiger partial charge in [-0.05, 0) is 78.3 Å². The van der Waals surface area contributed by atoms with Crippen molar-refractivity contribution in [3.63, 3.8) is 0 Å². The number of benzene rings is 2. The van der Waals surface area contributed by atoms with Crippen LogP contribution >= 0.6 is 46.4 Å². The summed E-state index contributed by atoms with van der Waals surface area (Å²) < 4.78 is 6.10. The quantitative estimate of drug-likeness (QED) is 0.379. The molecular formula is C26H22Cl4O2. The summed E-state index contributed by atoms with van der Waals surface area (Å²) in [7, 11) is 0. The van der Waals surface area contributed by atoms with Crippen LogP contribution in [0, 0.1) is 5.41 Å². The van der Waals surface area contributed by atoms with Crippen molar-refractivity contribution < 1.29 is 9.53 Å². The Morgan fingerprint density at radius 3 is 2.25 bits per heavy atom. The minimum Gasteiger partial charge on any atom is -0.426 e. The fraction of sp³-hybridized carbons (Fsp3) is 0.346. The Morgan fingerprint density at radius 1 is 0.875 bits per heavy atom. The minimum atomic E-state index is -0.568. The van der Waals surface area contributed by atoms with E-state index in [4.69, 9.17) is 51.1 Å². The molecule has 0 amide bonds. The van der Waals surface area contributed by atoms with E-state index in [0.717, 1.165) is 67.2 Å². The Labute approximate surface area is 208 Å². The summed E-state index contributed by atoms with van der Waals surface area (Å²) in [4.78, 5) is 13.6. The largest absolute Gasteiger partial charge is 0.426 e. The van der Waals surface area contributed by atoms with E-state index in [9.17, 15) is 4.79 Å². The average molecular weight is 508 g/mol. The molecule has 0 saturated heterocycles. The first kappa shape index (κ1) is 22.3. The summed E-state index contributed by atoms with van der Waals surface area (Å²) in [6.45, 7) is 0. The smallest absolute Gasteiger partial charge is 0.318 e. The monoisotopic (exact) mass is 506 g/mol. The van der Waals surface area contributed by atoms with Crippen LogP contribution in [0.2, 0.25) is 20.1 Å². The molecule has 2 aromatic carbocycles. The van der Waals surface area contributed by atoms with Crippen molar-refractivity contribution in [2.45, 2.75) is 50.9 Å². The van der Waals surface area contributed by atoms with Crippen LogP contribution < -0.4 is 0 Å². The Bertz CT molecular complexity index is 1160. The fourth-order valence-electron chi connectivity index (χ4n) is 5.60. The molecule has 1 heterocycles. The zero-order valence-corrected chi connectivity index (χ0v) is 20.4. The third-order valence-corrected chi connectivity index (χ3v) is 8.19. The van der Waals surface area contributed by atoms with Crippen molar-refractivity contribution in [3.8, 4) is 0 Å². The molecule has 1 atom stereocenters. The molecule has 0 bridgehead atoms. The topological polar surface area (TPSA) is 26.3 Å². The number of ether oxygens (including phenoxy) is 1. The van der Waals surface area contributed by atoms with Crippen LogP contribution in [0.5, 0.6) is 0 Å². The van der Waals surface area contributed by atoms with Crippen molar-refractivity contribution >= 4 is 58.4 Å². The van der Waals surface area contributed by atoms with Crippen LogP contribution in [0.25, 0.3) is 6.08 Å². The Morgan fingerprint density at radius 2 is 1.56 bits per heavy atom. The summed E-state index contributed by atoms with van der Waals surface area (Å²) in [6.07, 6.45) is 8.42. The maximum atomic E-state index is 13.6. The number of carbonyl (C=O) groups excluding carboxylic acids is 1. The van der Waals surface area contributed by atoms with Gasteiger partial charge in [0.2, 0.25) is 0 Å². The third-order valence-electron chi connectivity index (χ3n) is 7.06. The highest BCUT2D eigenvalue weighted by Gasteiger charge is 2.55. The number of hydrogen-bond donors (Lipinski definition) is 0. The second kappa shape index (κ2) is 8.72. The summed E-state index contributed by atoms with van der Waals surface area (Å²) >= 11 is 25.4. The van der Waals surface area contributed by atoms with Gasteiger partial charge < -0.3 is 4.74 Å². The molecule has 1 aliphatic heterocycles. The zero-order chi connectivity index (χ0) is 22.5. The van der Waals surface area contributed by atoms with Crippen LogP contribution in [0.3, 0.4) is 0 Å². The van der Waals surface area contributed by atoms with Gasteiger partial charge in [-0.15, -0.1) is 0 Å². The maximum Gasteiger partial charge on any atom is 0.318 e. The molecule has 166 valence electrons. The number of esters is 1. The molecule has 6 heteroatoms. The minimum absolute atomic E-state index is 0.101. The molecule has 1 unspecified atom stereocenters. The summed E-state index contributed by atoms with van der Waals surface area (Å²) in [5.74, 6) is 0.450. The molecule has 3 aliphatic rings. The van der Waals surface area contributed by atoms with Crippen LogP contribution in [0.1, 0.15) is 62.0 Å². The van der Waals surface area contributed by atoms with Gasteiger partial charge in [0.25, 0.3) is 0 Å². The van der Waals surface area contributed by atoms with Crippen LogP contribution in [0.15, 0.2) is 53.3 Å². The molecule has 1 saturated carbocycles. The lowest BCUT2D eigenvalue weighted by Crippen LogP contribution is -2.44. The highest BCUT2D eigenvalue weighted by Crippen LogP contribution is 2.59. The van der Waals surface area contributed by atoms with E-state index in [2.05, 4.69) is 0 Å². The highest BCUT2D eigenvalue weighted by atomic mass is 35.5. The molecule has 5 rings (SSSR count). The van der Waals surface area contributed by atoms with Crippen LogP contribution in [0.4, 0.5) is 0 Å². The molecular weight excluding hydrogens is 486 g/mol. The Hall–Kier alpha value is -1.45. The first-order valence-corrected chi connectivity index (χ1v) is 12.5. The van der Waals surface area contributed by atoms with Gasteiger partial charge in [-0.25, -0.2) is 0 Å². The maximum absolute atomic E-state index is 13.6. The van der Waals surface area contributed by atoms with E-state index >= 15 is 0 Å². The predicted molar refractivity (Wildman–Crippen MR) is 132 cm³/mol. The van der Waals surface area contributed by atoms with E-state index in [1.165, 1.54) is 0 Å². The van der Waals surface area contributed by atoms with Crippen molar-refractivity contribution in [1.29, 1.82) is 0 Å². The number of allylic oxidation sites excluding steroid dienone is 2. The van der Waals surface area contributed by atoms with E-state index in [1.807, 2.05) is 30.3 Å². The van der Waals surface area contributed by atoms with Gasteiger partial charge in [-0.1, -0.05) is 77.8 Å². The summed E-state index contributed by atoms with van der Waals surface area (Å²) in [6, 6.07) is 11.0. The summed E-state index contributed by atoms with van der Waals surface area (Å²) in [5, 5.41) is 2.35. The summed E-state index contributed by atoms with van der Waals surface area (Å²) in [5.41, 5.74) is 3.40. The predicted octanol–water partition coefficient (Wildman–Crippen LogP) is 9.02. The molecule has 32 heavy (non-hydrogen) atoms. The SMILES string of the molecule is O=C1OC2=C(CCC2=Cc2ccc(Cl)cc2Cl)C(c2ccc(Cl)cc2Cl)C12CCCCC2. The molecule has 0 radical (unpaired) electrons. The van der Waals surface area contributed by atoms with Gasteiger partial charge in [0.15, 0.2) is 0 Å². The first-order valence-electron chi connectivity index (χ1n) is 11.0. The van der Waals surface area contributed by atoms with Crippen molar-refractivity contribution in [2.24, 2.45) is 5.41 Å². The normalized spacial score (nSPS) is 23.6. The zero-order valence-electron chi connectivity index (χ0n) is 17.4. The van der Waals surface area contributed by atoms with E-state index < -0.39 is 5.41 Å². The third kappa shape index (κ3) is 3.80.